The molecule has 2 N–H and O–H groups in total. The van der Waals surface area contributed by atoms with E-state index in [-0.39, 0.29) is 0 Å². The van der Waals surface area contributed by atoms with E-state index in [2.05, 4.69) is 58.6 Å². The van der Waals surface area contributed by atoms with Crippen molar-refractivity contribution in [2.24, 2.45) is 10.9 Å². The van der Waals surface area contributed by atoms with Gasteiger partial charge >= 0.3 is 0 Å². The van der Waals surface area contributed by atoms with Gasteiger partial charge < -0.3 is 10.6 Å². The number of guanidine groups is 1. The molecule has 2 heterocycles. The maximum absolute atomic E-state index is 4.58. The summed E-state index contributed by atoms with van der Waals surface area (Å²) in [6.07, 6.45) is 1.00. The normalized spacial score (nSPS) is 23.3. The van der Waals surface area contributed by atoms with Crippen LogP contribution in [-0.2, 0) is 13.0 Å². The van der Waals surface area contributed by atoms with Gasteiger partial charge in [0.05, 0.1) is 17.2 Å². The average Bonchev–Trinajstić information content (AvgIpc) is 3.10. The maximum atomic E-state index is 4.58. The fraction of sp³-hybridized carbons (Fsp3) is 0.750. The van der Waals surface area contributed by atoms with Crippen molar-refractivity contribution in [3.63, 3.8) is 0 Å². The van der Waals surface area contributed by atoms with Crippen molar-refractivity contribution in [3.8, 4) is 0 Å². The van der Waals surface area contributed by atoms with Crippen LogP contribution in [0.5, 0.6) is 0 Å². The molecule has 22 heavy (non-hydrogen) atoms. The van der Waals surface area contributed by atoms with Crippen LogP contribution in [0.4, 0.5) is 0 Å². The number of nitrogens with one attached hydrogen (secondary N) is 2. The molecule has 2 atom stereocenters. The third-order valence-corrected chi connectivity index (χ3v) is 5.30. The second-order valence-corrected chi connectivity index (χ2v) is 7.23. The van der Waals surface area contributed by atoms with Gasteiger partial charge in [-0.25, -0.2) is 4.98 Å². The summed E-state index contributed by atoms with van der Waals surface area (Å²) in [7, 11) is 1.83. The summed E-state index contributed by atoms with van der Waals surface area (Å²) in [5.74, 6) is 1.50. The van der Waals surface area contributed by atoms with E-state index in [1.807, 2.05) is 7.05 Å². The van der Waals surface area contributed by atoms with Crippen LogP contribution < -0.4 is 10.6 Å². The number of rotatable bonds is 5. The molecule has 6 heteroatoms. The van der Waals surface area contributed by atoms with Gasteiger partial charge in [0, 0.05) is 37.6 Å². The van der Waals surface area contributed by atoms with E-state index in [0.717, 1.165) is 37.7 Å². The standard InChI is InChI=1S/C16H29N5S/c1-6-15-19-13(10-22-15)7-18-16(17-5)20-14-9-21(11(2)3)8-12(14)4/h10-12,14H,6-9H2,1-5H3,(H2,17,18,20). The predicted octanol–water partition coefficient (Wildman–Crippen LogP) is 2.10. The molecular formula is C16H29N5S. The van der Waals surface area contributed by atoms with Crippen molar-refractivity contribution in [1.82, 2.24) is 20.5 Å². The van der Waals surface area contributed by atoms with Crippen molar-refractivity contribution in [1.29, 1.82) is 0 Å². The highest BCUT2D eigenvalue weighted by molar-refractivity contribution is 7.09. The Hall–Kier alpha value is -1.14. The summed E-state index contributed by atoms with van der Waals surface area (Å²) in [6, 6.07) is 1.06. The molecular weight excluding hydrogens is 294 g/mol. The molecule has 1 aromatic rings. The van der Waals surface area contributed by atoms with Crippen LogP contribution in [-0.4, -0.2) is 48.1 Å². The molecule has 1 aromatic heterocycles. The van der Waals surface area contributed by atoms with Gasteiger partial charge in [0.25, 0.3) is 0 Å². The van der Waals surface area contributed by atoms with E-state index in [1.54, 1.807) is 11.3 Å². The highest BCUT2D eigenvalue weighted by Gasteiger charge is 2.31. The Morgan fingerprint density at radius 1 is 1.50 bits per heavy atom. The first kappa shape index (κ1) is 17.2. The zero-order valence-electron chi connectivity index (χ0n) is 14.4. The molecule has 1 saturated heterocycles. The summed E-state index contributed by atoms with van der Waals surface area (Å²) in [5, 5.41) is 10.3. The first-order valence-electron chi connectivity index (χ1n) is 8.18. The summed E-state index contributed by atoms with van der Waals surface area (Å²) in [6.45, 7) is 11.9. The molecule has 0 aliphatic carbocycles. The van der Waals surface area contributed by atoms with E-state index in [0.29, 0.717) is 18.0 Å². The molecule has 0 amide bonds. The second-order valence-electron chi connectivity index (χ2n) is 6.29. The monoisotopic (exact) mass is 323 g/mol. The zero-order valence-corrected chi connectivity index (χ0v) is 15.2. The number of likely N-dealkylation sites (tertiary alicyclic amines) is 1. The Kier molecular flexibility index (Phi) is 6.20. The fourth-order valence-corrected chi connectivity index (χ4v) is 3.50. The summed E-state index contributed by atoms with van der Waals surface area (Å²) < 4.78 is 0. The van der Waals surface area contributed by atoms with E-state index in [9.17, 15) is 0 Å². The molecule has 0 saturated carbocycles. The Morgan fingerprint density at radius 2 is 2.27 bits per heavy atom. The molecule has 0 aromatic carbocycles. The summed E-state index contributed by atoms with van der Waals surface area (Å²) in [4.78, 5) is 11.4. The van der Waals surface area contributed by atoms with E-state index < -0.39 is 0 Å². The largest absolute Gasteiger partial charge is 0.352 e. The van der Waals surface area contributed by atoms with Crippen molar-refractivity contribution < 1.29 is 0 Å². The Morgan fingerprint density at radius 3 is 2.82 bits per heavy atom. The topological polar surface area (TPSA) is 52.6 Å². The van der Waals surface area contributed by atoms with Crippen molar-refractivity contribution in [3.05, 3.63) is 16.1 Å². The molecule has 5 nitrogen and oxygen atoms in total. The van der Waals surface area contributed by atoms with Crippen LogP contribution in [0.2, 0.25) is 0 Å². The van der Waals surface area contributed by atoms with Gasteiger partial charge in [-0.1, -0.05) is 13.8 Å². The smallest absolute Gasteiger partial charge is 0.191 e. The van der Waals surface area contributed by atoms with E-state index >= 15 is 0 Å². The molecule has 124 valence electrons. The SMILES string of the molecule is CCc1nc(CNC(=NC)NC2CN(C(C)C)CC2C)cs1. The number of hydrogen-bond acceptors (Lipinski definition) is 4. The van der Waals surface area contributed by atoms with Crippen molar-refractivity contribution in [2.75, 3.05) is 20.1 Å². The number of nitrogens with zero attached hydrogens (tertiary/aromatic N) is 3. The van der Waals surface area contributed by atoms with E-state index in [1.165, 1.54) is 5.01 Å². The Bertz CT molecular complexity index is 496. The Balaban J connectivity index is 1.85. The lowest BCUT2D eigenvalue weighted by atomic mass is 10.1. The number of aliphatic imine (C=N–C) groups is 1. The van der Waals surface area contributed by atoms with Crippen molar-refractivity contribution >= 4 is 17.3 Å². The van der Waals surface area contributed by atoms with Gasteiger partial charge in [0.2, 0.25) is 0 Å². The third kappa shape index (κ3) is 4.43. The minimum atomic E-state index is 0.454. The molecule has 0 radical (unpaired) electrons. The number of aryl methyl sites for hydroxylation is 1. The number of thiazole rings is 1. The second kappa shape index (κ2) is 7.92. The lowest BCUT2D eigenvalue weighted by Crippen LogP contribution is -2.46. The average molecular weight is 324 g/mol. The molecule has 0 bridgehead atoms. The first-order valence-corrected chi connectivity index (χ1v) is 9.06. The maximum Gasteiger partial charge on any atom is 0.191 e. The quantitative estimate of drug-likeness (QED) is 0.644. The lowest BCUT2D eigenvalue weighted by Gasteiger charge is -2.21. The van der Waals surface area contributed by atoms with Gasteiger partial charge in [0.1, 0.15) is 0 Å². The van der Waals surface area contributed by atoms with Gasteiger partial charge in [-0.3, -0.25) is 9.89 Å². The van der Waals surface area contributed by atoms with Crippen LogP contribution in [0.3, 0.4) is 0 Å². The first-order chi connectivity index (χ1) is 10.5. The fourth-order valence-electron chi connectivity index (χ4n) is 2.75. The third-order valence-electron chi connectivity index (χ3n) is 4.26. The zero-order chi connectivity index (χ0) is 16.1. The van der Waals surface area contributed by atoms with Crippen molar-refractivity contribution in [2.45, 2.75) is 52.7 Å². The molecule has 2 rings (SSSR count). The minimum Gasteiger partial charge on any atom is -0.352 e. The van der Waals surface area contributed by atoms with Gasteiger partial charge in [-0.2, -0.15) is 0 Å². The van der Waals surface area contributed by atoms with Crippen LogP contribution in [0.25, 0.3) is 0 Å². The highest BCUT2D eigenvalue weighted by atomic mass is 32.1. The lowest BCUT2D eigenvalue weighted by molar-refractivity contribution is 0.265. The van der Waals surface area contributed by atoms with Crippen LogP contribution in [0.15, 0.2) is 10.4 Å². The van der Waals surface area contributed by atoms with Crippen LogP contribution in [0.1, 0.15) is 38.4 Å². The van der Waals surface area contributed by atoms with Gasteiger partial charge in [-0.05, 0) is 26.2 Å². The molecule has 2 unspecified atom stereocenters. The molecule has 1 fully saturated rings. The minimum absolute atomic E-state index is 0.454. The predicted molar refractivity (Wildman–Crippen MR) is 94.5 cm³/mol. The summed E-state index contributed by atoms with van der Waals surface area (Å²) >= 11 is 1.73. The van der Waals surface area contributed by atoms with Gasteiger partial charge in [-0.15, -0.1) is 11.3 Å². The Labute approximate surface area is 138 Å². The summed E-state index contributed by atoms with van der Waals surface area (Å²) in [5.41, 5.74) is 1.09. The van der Waals surface area contributed by atoms with E-state index in [4.69, 9.17) is 0 Å². The number of aromatic nitrogens is 1. The number of hydrogen-bond donors (Lipinski definition) is 2. The van der Waals surface area contributed by atoms with Crippen LogP contribution >= 0.6 is 11.3 Å². The molecule has 0 spiro atoms. The highest BCUT2D eigenvalue weighted by Crippen LogP contribution is 2.18. The van der Waals surface area contributed by atoms with Crippen LogP contribution in [0, 0.1) is 5.92 Å². The molecule has 1 aliphatic rings. The molecule has 1 aliphatic heterocycles. The van der Waals surface area contributed by atoms with Gasteiger partial charge in [0.15, 0.2) is 5.96 Å².